The molecule has 1 rings (SSSR count). The van der Waals surface area contributed by atoms with E-state index in [0.29, 0.717) is 17.9 Å². The number of hydrogen-bond donors (Lipinski definition) is 2. The molecule has 0 aliphatic rings. The first-order valence-corrected chi connectivity index (χ1v) is 6.61. The summed E-state index contributed by atoms with van der Waals surface area (Å²) in [6.45, 7) is 5.77. The van der Waals surface area contributed by atoms with Crippen LogP contribution < -0.4 is 11.1 Å². The Balaban J connectivity index is 2.71. The Kier molecular flexibility index (Phi) is 5.64. The summed E-state index contributed by atoms with van der Waals surface area (Å²) in [7, 11) is 0. The van der Waals surface area contributed by atoms with Gasteiger partial charge in [-0.15, -0.1) is 0 Å². The minimum absolute atomic E-state index is 0.00933. The third-order valence-corrected chi connectivity index (χ3v) is 3.00. The highest BCUT2D eigenvalue weighted by atomic mass is 16.6. The van der Waals surface area contributed by atoms with Crippen LogP contribution in [0.1, 0.15) is 38.8 Å². The average molecular weight is 279 g/mol. The normalized spacial score (nSPS) is 13.8. The van der Waals surface area contributed by atoms with Crippen LogP contribution in [0.4, 0.5) is 5.69 Å². The summed E-state index contributed by atoms with van der Waals surface area (Å²) in [5.74, 6) is 0.0987. The first kappa shape index (κ1) is 16.1. The van der Waals surface area contributed by atoms with Crippen molar-refractivity contribution < 1.29 is 9.72 Å². The monoisotopic (exact) mass is 279 g/mol. The average Bonchev–Trinajstić information content (AvgIpc) is 2.37. The Morgan fingerprint density at radius 2 is 2.05 bits per heavy atom. The molecule has 6 heteroatoms. The van der Waals surface area contributed by atoms with Crippen LogP contribution in [0.5, 0.6) is 0 Å². The number of carbonyl (C=O) groups is 1. The van der Waals surface area contributed by atoms with Gasteiger partial charge >= 0.3 is 0 Å². The van der Waals surface area contributed by atoms with E-state index >= 15 is 0 Å². The zero-order chi connectivity index (χ0) is 15.3. The van der Waals surface area contributed by atoms with Crippen molar-refractivity contribution in [3.05, 3.63) is 39.9 Å². The second kappa shape index (κ2) is 7.00. The van der Waals surface area contributed by atoms with Gasteiger partial charge in [-0.2, -0.15) is 0 Å². The Bertz CT molecular complexity index is 488. The van der Waals surface area contributed by atoms with Crippen molar-refractivity contribution in [2.75, 3.05) is 0 Å². The van der Waals surface area contributed by atoms with Gasteiger partial charge in [0.25, 0.3) is 5.69 Å². The zero-order valence-corrected chi connectivity index (χ0v) is 12.0. The second-order valence-corrected chi connectivity index (χ2v) is 5.32. The maximum atomic E-state index is 11.9. The Morgan fingerprint density at radius 1 is 1.40 bits per heavy atom. The Labute approximate surface area is 118 Å². The SMILES string of the molecule is CC(C)CC(N)C(=O)NC(C)c1cccc([N+](=O)[O-])c1. The number of nitrogens with one attached hydrogen (secondary N) is 1. The van der Waals surface area contributed by atoms with E-state index in [4.69, 9.17) is 5.73 Å². The van der Waals surface area contributed by atoms with Crippen LogP contribution in [0.3, 0.4) is 0 Å². The lowest BCUT2D eigenvalue weighted by Crippen LogP contribution is -2.42. The van der Waals surface area contributed by atoms with Gasteiger partial charge in [0.2, 0.25) is 5.91 Å². The van der Waals surface area contributed by atoms with Gasteiger partial charge in [0, 0.05) is 12.1 Å². The van der Waals surface area contributed by atoms with Crippen LogP contribution in [-0.4, -0.2) is 16.9 Å². The van der Waals surface area contributed by atoms with Gasteiger partial charge in [0.05, 0.1) is 17.0 Å². The summed E-state index contributed by atoms with van der Waals surface area (Å²) in [5.41, 5.74) is 6.50. The van der Waals surface area contributed by atoms with Crippen LogP contribution in [0.25, 0.3) is 0 Å². The van der Waals surface area contributed by atoms with Crippen LogP contribution in [0, 0.1) is 16.0 Å². The fraction of sp³-hybridized carbons (Fsp3) is 0.500. The molecule has 3 N–H and O–H groups in total. The van der Waals surface area contributed by atoms with E-state index < -0.39 is 11.0 Å². The number of non-ortho nitro benzene ring substituents is 1. The van der Waals surface area contributed by atoms with Crippen molar-refractivity contribution in [1.82, 2.24) is 5.32 Å². The number of nitro groups is 1. The summed E-state index contributed by atoms with van der Waals surface area (Å²) in [6, 6.07) is 5.34. The van der Waals surface area contributed by atoms with E-state index in [0.717, 1.165) is 0 Å². The lowest BCUT2D eigenvalue weighted by atomic mass is 10.0. The maximum Gasteiger partial charge on any atom is 0.269 e. The molecule has 0 spiro atoms. The van der Waals surface area contributed by atoms with Gasteiger partial charge in [-0.3, -0.25) is 14.9 Å². The summed E-state index contributed by atoms with van der Waals surface area (Å²) < 4.78 is 0. The molecular formula is C14H21N3O3. The van der Waals surface area contributed by atoms with Gasteiger partial charge in [-0.1, -0.05) is 26.0 Å². The number of nitro benzene ring substituents is 1. The Morgan fingerprint density at radius 3 is 2.60 bits per heavy atom. The van der Waals surface area contributed by atoms with Gasteiger partial charge in [0.1, 0.15) is 0 Å². The molecule has 110 valence electrons. The minimum atomic E-state index is -0.559. The van der Waals surface area contributed by atoms with Gasteiger partial charge in [0.15, 0.2) is 0 Å². The van der Waals surface area contributed by atoms with Crippen molar-refractivity contribution in [3.8, 4) is 0 Å². The molecule has 0 heterocycles. The highest BCUT2D eigenvalue weighted by molar-refractivity contribution is 5.81. The van der Waals surface area contributed by atoms with Crippen LogP contribution in [0.2, 0.25) is 0 Å². The van der Waals surface area contributed by atoms with Gasteiger partial charge < -0.3 is 11.1 Å². The molecule has 1 amide bonds. The van der Waals surface area contributed by atoms with E-state index in [-0.39, 0.29) is 17.6 Å². The largest absolute Gasteiger partial charge is 0.348 e. The summed E-state index contributed by atoms with van der Waals surface area (Å²) >= 11 is 0. The first-order valence-electron chi connectivity index (χ1n) is 6.61. The molecule has 0 aromatic heterocycles. The topological polar surface area (TPSA) is 98.3 Å². The van der Waals surface area contributed by atoms with E-state index in [1.807, 2.05) is 13.8 Å². The summed E-state index contributed by atoms with van der Waals surface area (Å²) in [6.07, 6.45) is 0.605. The molecule has 6 nitrogen and oxygen atoms in total. The second-order valence-electron chi connectivity index (χ2n) is 5.32. The molecule has 1 aromatic rings. The Hall–Kier alpha value is -1.95. The predicted octanol–water partition coefficient (Wildman–Crippen LogP) is 2.15. The summed E-state index contributed by atoms with van der Waals surface area (Å²) in [4.78, 5) is 22.2. The number of benzene rings is 1. The minimum Gasteiger partial charge on any atom is -0.348 e. The standard InChI is InChI=1S/C14H21N3O3/c1-9(2)7-13(15)14(18)16-10(3)11-5-4-6-12(8-11)17(19)20/h4-6,8-10,13H,7,15H2,1-3H3,(H,16,18). The lowest BCUT2D eigenvalue weighted by Gasteiger charge is -2.18. The predicted molar refractivity (Wildman–Crippen MR) is 77.1 cm³/mol. The first-order chi connectivity index (χ1) is 9.31. The molecule has 1 aromatic carbocycles. The van der Waals surface area contributed by atoms with Crippen LogP contribution in [-0.2, 0) is 4.79 Å². The number of nitrogens with two attached hydrogens (primary N) is 1. The summed E-state index contributed by atoms with van der Waals surface area (Å²) in [5, 5.41) is 13.5. The van der Waals surface area contributed by atoms with Crippen LogP contribution in [0.15, 0.2) is 24.3 Å². The van der Waals surface area contributed by atoms with Crippen molar-refractivity contribution >= 4 is 11.6 Å². The van der Waals surface area contributed by atoms with Gasteiger partial charge in [-0.05, 0) is 24.8 Å². The van der Waals surface area contributed by atoms with E-state index in [1.165, 1.54) is 12.1 Å². The number of amides is 1. The molecule has 20 heavy (non-hydrogen) atoms. The smallest absolute Gasteiger partial charge is 0.269 e. The van der Waals surface area contributed by atoms with E-state index in [2.05, 4.69) is 5.32 Å². The number of hydrogen-bond acceptors (Lipinski definition) is 4. The quantitative estimate of drug-likeness (QED) is 0.615. The molecule has 0 bridgehead atoms. The van der Waals surface area contributed by atoms with Crippen molar-refractivity contribution in [1.29, 1.82) is 0 Å². The molecule has 0 radical (unpaired) electrons. The van der Waals surface area contributed by atoms with Crippen LogP contribution >= 0.6 is 0 Å². The van der Waals surface area contributed by atoms with E-state index in [9.17, 15) is 14.9 Å². The molecule has 0 aliphatic carbocycles. The number of carbonyl (C=O) groups excluding carboxylic acids is 1. The fourth-order valence-corrected chi connectivity index (χ4v) is 1.93. The molecular weight excluding hydrogens is 258 g/mol. The third-order valence-electron chi connectivity index (χ3n) is 3.00. The molecule has 2 unspecified atom stereocenters. The number of rotatable bonds is 6. The molecule has 0 fully saturated rings. The van der Waals surface area contributed by atoms with Crippen molar-refractivity contribution in [2.45, 2.75) is 39.3 Å². The third kappa shape index (κ3) is 4.62. The highest BCUT2D eigenvalue weighted by Crippen LogP contribution is 2.19. The van der Waals surface area contributed by atoms with E-state index in [1.54, 1.807) is 19.1 Å². The molecule has 2 atom stereocenters. The van der Waals surface area contributed by atoms with Crippen molar-refractivity contribution in [3.63, 3.8) is 0 Å². The van der Waals surface area contributed by atoms with Crippen molar-refractivity contribution in [2.24, 2.45) is 11.7 Å². The molecule has 0 saturated carbocycles. The maximum absolute atomic E-state index is 11.9. The zero-order valence-electron chi connectivity index (χ0n) is 12.0. The molecule has 0 saturated heterocycles. The highest BCUT2D eigenvalue weighted by Gasteiger charge is 2.18. The lowest BCUT2D eigenvalue weighted by molar-refractivity contribution is -0.384. The fourth-order valence-electron chi connectivity index (χ4n) is 1.93. The molecule has 0 aliphatic heterocycles. The van der Waals surface area contributed by atoms with Gasteiger partial charge in [-0.25, -0.2) is 0 Å². The number of nitrogens with zero attached hydrogens (tertiary/aromatic N) is 1.